The fraction of sp³-hybridized carbons (Fsp3) is 0.841. The van der Waals surface area contributed by atoms with Crippen molar-refractivity contribution in [3.63, 3.8) is 0 Å². The van der Waals surface area contributed by atoms with Crippen molar-refractivity contribution in [1.82, 2.24) is 5.32 Å². The van der Waals surface area contributed by atoms with Crippen LogP contribution in [0.3, 0.4) is 0 Å². The molecule has 0 spiro atoms. The summed E-state index contributed by atoms with van der Waals surface area (Å²) in [5, 5.41) is 43.6. The Kier molecular flexibility index (Phi) is 37.6. The molecule has 5 N–H and O–H groups in total. The van der Waals surface area contributed by atoms with E-state index in [1.807, 2.05) is 0 Å². The zero-order valence-corrected chi connectivity index (χ0v) is 32.9. The van der Waals surface area contributed by atoms with Crippen LogP contribution in [0.25, 0.3) is 0 Å². The third kappa shape index (κ3) is 32.4. The predicted octanol–water partition coefficient (Wildman–Crippen LogP) is 11.0. The van der Waals surface area contributed by atoms with Crippen LogP contribution < -0.4 is 5.32 Å². The van der Waals surface area contributed by atoms with Gasteiger partial charge in [0.05, 0.1) is 18.8 Å². The number of carbonyl (C=O) groups is 1. The summed E-state index contributed by atoms with van der Waals surface area (Å²) in [5.41, 5.74) is 0. The average Bonchev–Trinajstić information content (AvgIpc) is 3.12. The maximum absolute atomic E-state index is 12.5. The zero-order chi connectivity index (χ0) is 36.8. The van der Waals surface area contributed by atoms with Crippen LogP contribution >= 0.6 is 0 Å². The van der Waals surface area contributed by atoms with Gasteiger partial charge in [0.2, 0.25) is 5.91 Å². The molecule has 1 amide bonds. The number of allylic oxidation sites excluding steroid dienone is 6. The Bertz CT molecular complexity index is 797. The Hall–Kier alpha value is -1.47. The van der Waals surface area contributed by atoms with Gasteiger partial charge in [0.1, 0.15) is 12.2 Å². The minimum atomic E-state index is -1.29. The van der Waals surface area contributed by atoms with E-state index in [0.717, 1.165) is 51.4 Å². The molecule has 0 aromatic heterocycles. The Morgan fingerprint density at radius 2 is 0.840 bits per heavy atom. The number of amides is 1. The highest BCUT2D eigenvalue weighted by Gasteiger charge is 2.28. The molecule has 6 heteroatoms. The minimum Gasteiger partial charge on any atom is -0.394 e. The smallest absolute Gasteiger partial charge is 0.249 e. The van der Waals surface area contributed by atoms with E-state index in [4.69, 9.17) is 0 Å². The fourth-order valence-corrected chi connectivity index (χ4v) is 6.38. The molecule has 50 heavy (non-hydrogen) atoms. The molecular weight excluding hydrogens is 622 g/mol. The molecule has 0 radical (unpaired) electrons. The minimum absolute atomic E-state index is 0.361. The van der Waals surface area contributed by atoms with E-state index < -0.39 is 36.9 Å². The maximum Gasteiger partial charge on any atom is 0.249 e. The molecule has 0 aromatic rings. The van der Waals surface area contributed by atoms with Gasteiger partial charge in [0, 0.05) is 0 Å². The van der Waals surface area contributed by atoms with Gasteiger partial charge in [0.15, 0.2) is 0 Å². The van der Waals surface area contributed by atoms with E-state index in [1.165, 1.54) is 122 Å². The molecule has 294 valence electrons. The summed E-state index contributed by atoms with van der Waals surface area (Å²) in [6.45, 7) is 4.02. The van der Waals surface area contributed by atoms with Crippen molar-refractivity contribution in [3.8, 4) is 0 Å². The second kappa shape index (κ2) is 38.8. The van der Waals surface area contributed by atoms with E-state index >= 15 is 0 Å². The van der Waals surface area contributed by atoms with Gasteiger partial charge in [-0.15, -0.1) is 0 Å². The zero-order valence-electron chi connectivity index (χ0n) is 32.9. The van der Waals surface area contributed by atoms with Gasteiger partial charge < -0.3 is 25.7 Å². The van der Waals surface area contributed by atoms with Crippen molar-refractivity contribution in [3.05, 3.63) is 36.5 Å². The number of aliphatic hydroxyl groups excluding tert-OH is 4. The largest absolute Gasteiger partial charge is 0.394 e. The lowest BCUT2D eigenvalue weighted by Gasteiger charge is -2.27. The third-order valence-electron chi connectivity index (χ3n) is 9.81. The van der Waals surface area contributed by atoms with E-state index in [2.05, 4.69) is 55.6 Å². The summed E-state index contributed by atoms with van der Waals surface area (Å²) in [6.07, 6.45) is 44.5. The molecule has 0 aliphatic heterocycles. The van der Waals surface area contributed by atoms with Crippen molar-refractivity contribution in [2.45, 2.75) is 231 Å². The highest BCUT2D eigenvalue weighted by Crippen LogP contribution is 2.15. The summed E-state index contributed by atoms with van der Waals surface area (Å²) in [7, 11) is 0. The number of carbonyl (C=O) groups excluding carboxylic acids is 1. The van der Waals surface area contributed by atoms with Gasteiger partial charge in [-0.1, -0.05) is 179 Å². The van der Waals surface area contributed by atoms with Crippen LogP contribution in [0.4, 0.5) is 0 Å². The predicted molar refractivity (Wildman–Crippen MR) is 214 cm³/mol. The van der Waals surface area contributed by atoms with Gasteiger partial charge in [-0.2, -0.15) is 0 Å². The number of unbranched alkanes of at least 4 members (excludes halogenated alkanes) is 23. The van der Waals surface area contributed by atoms with E-state index in [0.29, 0.717) is 19.3 Å². The third-order valence-corrected chi connectivity index (χ3v) is 9.81. The summed E-state index contributed by atoms with van der Waals surface area (Å²) in [5.74, 6) is -0.599. The SMILES string of the molecule is CCCCCCC/C=C/CC/C=C/CC/C=C/CCCC(O)C(O)C(CO)NC(=O)C(O)CCCCCCCCCCCCCCCCCC. The van der Waals surface area contributed by atoms with Crippen molar-refractivity contribution < 1.29 is 25.2 Å². The average molecular weight is 706 g/mol. The second-order valence-electron chi connectivity index (χ2n) is 14.7. The maximum atomic E-state index is 12.5. The summed E-state index contributed by atoms with van der Waals surface area (Å²) in [6, 6.07) is -1.01. The van der Waals surface area contributed by atoms with Crippen molar-refractivity contribution in [2.75, 3.05) is 6.61 Å². The first-order valence-electron chi connectivity index (χ1n) is 21.4. The summed E-state index contributed by atoms with van der Waals surface area (Å²) >= 11 is 0. The quantitative estimate of drug-likeness (QED) is 0.0324. The summed E-state index contributed by atoms with van der Waals surface area (Å²) in [4.78, 5) is 12.5. The van der Waals surface area contributed by atoms with Crippen LogP contribution in [0.5, 0.6) is 0 Å². The van der Waals surface area contributed by atoms with E-state index in [1.54, 1.807) is 0 Å². The molecular formula is C44H83NO5. The van der Waals surface area contributed by atoms with E-state index in [9.17, 15) is 25.2 Å². The number of hydrogen-bond acceptors (Lipinski definition) is 5. The molecule has 0 aliphatic rings. The number of rotatable bonds is 38. The number of nitrogens with one attached hydrogen (secondary N) is 1. The van der Waals surface area contributed by atoms with Crippen LogP contribution in [0, 0.1) is 0 Å². The van der Waals surface area contributed by atoms with Crippen LogP contribution in [0.2, 0.25) is 0 Å². The Morgan fingerprint density at radius 1 is 0.480 bits per heavy atom. The molecule has 4 unspecified atom stereocenters. The standard InChI is InChI=1S/C44H83NO5/c1-3-5-7-9-11-13-15-17-19-21-22-24-25-27-29-31-33-35-37-41(47)43(49)40(39-46)45-44(50)42(48)38-36-34-32-30-28-26-23-20-18-16-14-12-10-8-6-4-2/h15,17,22,24,29,31,40-43,46-49H,3-14,16,18-21,23,25-28,30,32-39H2,1-2H3,(H,45,50)/b17-15+,24-22+,31-29+. The van der Waals surface area contributed by atoms with Crippen molar-refractivity contribution in [2.24, 2.45) is 0 Å². The van der Waals surface area contributed by atoms with E-state index in [-0.39, 0.29) is 0 Å². The van der Waals surface area contributed by atoms with Crippen molar-refractivity contribution >= 4 is 5.91 Å². The highest BCUT2D eigenvalue weighted by atomic mass is 16.3. The van der Waals surface area contributed by atoms with Crippen LogP contribution in [-0.2, 0) is 4.79 Å². The van der Waals surface area contributed by atoms with Gasteiger partial charge >= 0.3 is 0 Å². The molecule has 0 bridgehead atoms. The molecule has 0 rings (SSSR count). The Labute approximate surface area is 309 Å². The lowest BCUT2D eigenvalue weighted by atomic mass is 10.00. The normalized spacial score (nSPS) is 14.6. The van der Waals surface area contributed by atoms with Gasteiger partial charge in [0.25, 0.3) is 0 Å². The number of hydrogen-bond donors (Lipinski definition) is 5. The number of aliphatic hydroxyl groups is 4. The molecule has 6 nitrogen and oxygen atoms in total. The Balaban J connectivity index is 3.84. The summed E-state index contributed by atoms with van der Waals surface area (Å²) < 4.78 is 0. The van der Waals surface area contributed by atoms with Crippen molar-refractivity contribution in [1.29, 1.82) is 0 Å². The molecule has 0 fully saturated rings. The second-order valence-corrected chi connectivity index (χ2v) is 14.7. The molecule has 0 saturated heterocycles. The van der Waals surface area contributed by atoms with Gasteiger partial charge in [-0.3, -0.25) is 4.79 Å². The molecule has 0 aliphatic carbocycles. The van der Waals surface area contributed by atoms with Gasteiger partial charge in [-0.05, 0) is 64.2 Å². The Morgan fingerprint density at radius 3 is 1.26 bits per heavy atom. The fourth-order valence-electron chi connectivity index (χ4n) is 6.38. The van der Waals surface area contributed by atoms with Crippen LogP contribution in [0.1, 0.15) is 206 Å². The molecule has 4 atom stereocenters. The lowest BCUT2D eigenvalue weighted by molar-refractivity contribution is -0.132. The first-order valence-corrected chi connectivity index (χ1v) is 21.4. The molecule has 0 aromatic carbocycles. The van der Waals surface area contributed by atoms with Gasteiger partial charge in [-0.25, -0.2) is 0 Å². The first kappa shape index (κ1) is 48.5. The first-order chi connectivity index (χ1) is 24.5. The lowest BCUT2D eigenvalue weighted by Crippen LogP contribution is -2.53. The van der Waals surface area contributed by atoms with Crippen LogP contribution in [-0.4, -0.2) is 57.3 Å². The molecule has 0 heterocycles. The van der Waals surface area contributed by atoms with Crippen LogP contribution in [0.15, 0.2) is 36.5 Å². The molecule has 0 saturated carbocycles. The monoisotopic (exact) mass is 706 g/mol. The highest BCUT2D eigenvalue weighted by molar-refractivity contribution is 5.80. The topological polar surface area (TPSA) is 110 Å².